The highest BCUT2D eigenvalue weighted by molar-refractivity contribution is 7.12. The third-order valence-corrected chi connectivity index (χ3v) is 6.25. The zero-order valence-corrected chi connectivity index (χ0v) is 18.6. The molecular formula is C24H22N4O4S. The zero-order valence-electron chi connectivity index (χ0n) is 17.8. The quantitative estimate of drug-likeness (QED) is 0.467. The number of imide groups is 1. The molecule has 1 saturated heterocycles. The molecule has 0 unspecified atom stereocenters. The number of amides is 5. The van der Waals surface area contributed by atoms with Crippen molar-refractivity contribution in [1.29, 1.82) is 0 Å². The van der Waals surface area contributed by atoms with Crippen LogP contribution in [-0.2, 0) is 11.2 Å². The number of carbonyl (C=O) groups excluding carboxylic acids is 4. The Morgan fingerprint density at radius 2 is 1.70 bits per heavy atom. The lowest BCUT2D eigenvalue weighted by Gasteiger charge is -2.21. The smallest absolute Gasteiger partial charge is 0.322 e. The number of hydrogen-bond acceptors (Lipinski definition) is 5. The number of thiophene rings is 1. The Hall–Kier alpha value is -3.98. The number of nitrogens with zero attached hydrogens (tertiary/aromatic N) is 1. The normalized spacial score (nSPS) is 17.5. The van der Waals surface area contributed by atoms with Crippen LogP contribution in [-0.4, -0.2) is 34.3 Å². The summed E-state index contributed by atoms with van der Waals surface area (Å²) in [6.07, 6.45) is 0.996. The van der Waals surface area contributed by atoms with Crippen molar-refractivity contribution in [2.75, 3.05) is 5.32 Å². The van der Waals surface area contributed by atoms with E-state index in [9.17, 15) is 19.2 Å². The molecule has 0 spiro atoms. The van der Waals surface area contributed by atoms with Crippen LogP contribution in [0.5, 0.6) is 0 Å². The summed E-state index contributed by atoms with van der Waals surface area (Å²) in [4.78, 5) is 50.6. The molecule has 1 fully saturated rings. The maximum atomic E-state index is 12.9. The van der Waals surface area contributed by atoms with Crippen LogP contribution in [0, 0.1) is 0 Å². The Balaban J connectivity index is 1.37. The number of aryl methyl sites for hydroxylation is 1. The van der Waals surface area contributed by atoms with Crippen molar-refractivity contribution in [2.45, 2.75) is 25.3 Å². The fourth-order valence-electron chi connectivity index (χ4n) is 3.47. The van der Waals surface area contributed by atoms with Crippen LogP contribution in [0.2, 0.25) is 0 Å². The Bertz CT molecular complexity index is 1180. The highest BCUT2D eigenvalue weighted by Gasteiger charge is 2.48. The van der Waals surface area contributed by atoms with E-state index in [1.165, 1.54) is 23.5 Å². The fraction of sp³-hybridized carbons (Fsp3) is 0.167. The summed E-state index contributed by atoms with van der Waals surface area (Å²) in [6.45, 7) is 1.65. The molecule has 1 aliphatic heterocycles. The number of rotatable bonds is 7. The first-order valence-electron chi connectivity index (χ1n) is 10.3. The van der Waals surface area contributed by atoms with Gasteiger partial charge in [-0.3, -0.25) is 19.8 Å². The second kappa shape index (κ2) is 9.25. The maximum absolute atomic E-state index is 12.9. The van der Waals surface area contributed by atoms with Crippen LogP contribution in [0.25, 0.3) is 0 Å². The molecule has 1 atom stereocenters. The second-order valence-corrected chi connectivity index (χ2v) is 8.79. The van der Waals surface area contributed by atoms with E-state index in [2.05, 4.69) is 16.1 Å². The number of benzene rings is 2. The lowest BCUT2D eigenvalue weighted by molar-refractivity contribution is -0.132. The van der Waals surface area contributed by atoms with Gasteiger partial charge < -0.3 is 10.6 Å². The minimum absolute atomic E-state index is 0.239. The van der Waals surface area contributed by atoms with E-state index in [1.54, 1.807) is 31.2 Å². The third kappa shape index (κ3) is 4.93. The topological polar surface area (TPSA) is 108 Å². The van der Waals surface area contributed by atoms with E-state index in [0.29, 0.717) is 23.4 Å². The van der Waals surface area contributed by atoms with Crippen LogP contribution in [0.4, 0.5) is 10.5 Å². The standard InChI is InChI=1S/C24H22N4O4S/c1-24(14-13-16-6-3-2-4-7-16)22(31)28(23(32)26-24)27-20(29)17-9-11-18(12-10-17)25-21(30)19-8-5-15-33-19/h2-12,15H,13-14H2,1H3,(H,25,30)(H,26,32)(H,27,29)/t24-/m0/s1. The SMILES string of the molecule is C[C@@]1(CCc2ccccc2)NC(=O)N(NC(=O)c2ccc(NC(=O)c3cccs3)cc2)C1=O. The summed E-state index contributed by atoms with van der Waals surface area (Å²) >= 11 is 1.33. The van der Waals surface area contributed by atoms with Gasteiger partial charge in [0.2, 0.25) is 0 Å². The van der Waals surface area contributed by atoms with Gasteiger partial charge in [-0.1, -0.05) is 36.4 Å². The van der Waals surface area contributed by atoms with Crippen LogP contribution in [0.15, 0.2) is 72.1 Å². The minimum Gasteiger partial charge on any atom is -0.322 e. The van der Waals surface area contributed by atoms with Crippen molar-refractivity contribution < 1.29 is 19.2 Å². The largest absolute Gasteiger partial charge is 0.344 e. The summed E-state index contributed by atoms with van der Waals surface area (Å²) in [5.74, 6) is -1.37. The van der Waals surface area contributed by atoms with E-state index in [4.69, 9.17) is 0 Å². The summed E-state index contributed by atoms with van der Waals surface area (Å²) in [7, 11) is 0. The van der Waals surface area contributed by atoms with Crippen LogP contribution < -0.4 is 16.1 Å². The number of nitrogens with one attached hydrogen (secondary N) is 3. The molecule has 8 nitrogen and oxygen atoms in total. The van der Waals surface area contributed by atoms with Gasteiger partial charge in [0.25, 0.3) is 17.7 Å². The van der Waals surface area contributed by atoms with E-state index < -0.39 is 23.4 Å². The van der Waals surface area contributed by atoms with Crippen molar-refractivity contribution in [3.05, 3.63) is 88.1 Å². The molecule has 5 amide bonds. The second-order valence-electron chi connectivity index (χ2n) is 7.84. The number of carbonyl (C=O) groups is 4. The molecule has 1 aliphatic rings. The molecule has 3 aromatic rings. The summed E-state index contributed by atoms with van der Waals surface area (Å²) < 4.78 is 0. The van der Waals surface area contributed by atoms with E-state index >= 15 is 0 Å². The molecule has 9 heteroatoms. The minimum atomic E-state index is -1.11. The Labute approximate surface area is 194 Å². The Morgan fingerprint density at radius 3 is 2.36 bits per heavy atom. The molecule has 33 heavy (non-hydrogen) atoms. The molecule has 2 heterocycles. The van der Waals surface area contributed by atoms with Gasteiger partial charge in [-0.05, 0) is 61.0 Å². The van der Waals surface area contributed by atoms with Crippen molar-refractivity contribution in [3.8, 4) is 0 Å². The van der Waals surface area contributed by atoms with Gasteiger partial charge in [0, 0.05) is 11.3 Å². The van der Waals surface area contributed by atoms with Gasteiger partial charge in [-0.2, -0.15) is 5.01 Å². The maximum Gasteiger partial charge on any atom is 0.344 e. The highest BCUT2D eigenvalue weighted by Crippen LogP contribution is 2.22. The third-order valence-electron chi connectivity index (χ3n) is 5.38. The van der Waals surface area contributed by atoms with Crippen LogP contribution in [0.3, 0.4) is 0 Å². The van der Waals surface area contributed by atoms with Gasteiger partial charge in [0.05, 0.1) is 4.88 Å². The zero-order chi connectivity index (χ0) is 23.4. The van der Waals surface area contributed by atoms with Gasteiger partial charge in [0.1, 0.15) is 5.54 Å². The van der Waals surface area contributed by atoms with E-state index in [-0.39, 0.29) is 11.5 Å². The summed E-state index contributed by atoms with van der Waals surface area (Å²) in [6, 6.07) is 18.6. The molecule has 3 N–H and O–H groups in total. The monoisotopic (exact) mass is 462 g/mol. The van der Waals surface area contributed by atoms with Gasteiger partial charge in [0.15, 0.2) is 0 Å². The molecule has 0 saturated carbocycles. The molecular weight excluding hydrogens is 440 g/mol. The summed E-state index contributed by atoms with van der Waals surface area (Å²) in [5, 5.41) is 7.96. The van der Waals surface area contributed by atoms with E-state index in [0.717, 1.165) is 10.6 Å². The molecule has 2 aromatic carbocycles. The predicted octanol–water partition coefficient (Wildman–Crippen LogP) is 3.59. The van der Waals surface area contributed by atoms with Gasteiger partial charge >= 0.3 is 6.03 Å². The van der Waals surface area contributed by atoms with E-state index in [1.807, 2.05) is 35.7 Å². The first-order chi connectivity index (χ1) is 15.9. The van der Waals surface area contributed by atoms with Crippen molar-refractivity contribution >= 4 is 40.8 Å². The molecule has 168 valence electrons. The Morgan fingerprint density at radius 1 is 0.970 bits per heavy atom. The molecule has 0 bridgehead atoms. The lowest BCUT2D eigenvalue weighted by atomic mass is 9.93. The highest BCUT2D eigenvalue weighted by atomic mass is 32.1. The van der Waals surface area contributed by atoms with Crippen LogP contribution >= 0.6 is 11.3 Å². The van der Waals surface area contributed by atoms with Crippen molar-refractivity contribution in [3.63, 3.8) is 0 Å². The van der Waals surface area contributed by atoms with Gasteiger partial charge in [-0.15, -0.1) is 11.3 Å². The van der Waals surface area contributed by atoms with Crippen molar-refractivity contribution in [2.24, 2.45) is 0 Å². The number of anilines is 1. The average molecular weight is 463 g/mol. The summed E-state index contributed by atoms with van der Waals surface area (Å²) in [5.41, 5.74) is 3.07. The Kier molecular flexibility index (Phi) is 6.23. The average Bonchev–Trinajstić information content (AvgIpc) is 3.43. The predicted molar refractivity (Wildman–Crippen MR) is 125 cm³/mol. The first-order valence-corrected chi connectivity index (χ1v) is 11.2. The number of urea groups is 1. The molecule has 1 aromatic heterocycles. The molecule has 0 radical (unpaired) electrons. The lowest BCUT2D eigenvalue weighted by Crippen LogP contribution is -2.48. The van der Waals surface area contributed by atoms with Crippen molar-refractivity contribution in [1.82, 2.24) is 15.8 Å². The van der Waals surface area contributed by atoms with Gasteiger partial charge in [-0.25, -0.2) is 4.79 Å². The number of hydrazine groups is 1. The molecule has 4 rings (SSSR count). The van der Waals surface area contributed by atoms with Crippen LogP contribution in [0.1, 0.15) is 38.9 Å². The number of hydrogen-bond donors (Lipinski definition) is 3. The fourth-order valence-corrected chi connectivity index (χ4v) is 4.08. The first kappa shape index (κ1) is 22.2. The molecule has 0 aliphatic carbocycles.